The van der Waals surface area contributed by atoms with Crippen molar-refractivity contribution >= 4 is 21.5 Å². The lowest BCUT2D eigenvalue weighted by Gasteiger charge is -2.26. The van der Waals surface area contributed by atoms with Crippen LogP contribution in [0, 0.1) is 0 Å². The van der Waals surface area contributed by atoms with Gasteiger partial charge in [-0.25, -0.2) is 0 Å². The van der Waals surface area contributed by atoms with Gasteiger partial charge in [-0.15, -0.1) is 0 Å². The van der Waals surface area contributed by atoms with Crippen molar-refractivity contribution in [1.29, 1.82) is 0 Å². The average Bonchev–Trinajstić information content (AvgIpc) is 2.85. The molecule has 2 aromatic carbocycles. The number of hydrogen-bond donors (Lipinski definition) is 0. The number of halogens is 1. The van der Waals surface area contributed by atoms with Gasteiger partial charge in [-0.1, -0.05) is 52.7 Å². The second kappa shape index (κ2) is 8.41. The van der Waals surface area contributed by atoms with E-state index in [-0.39, 0.29) is 0 Å². The van der Waals surface area contributed by atoms with Crippen molar-refractivity contribution in [2.24, 2.45) is 0 Å². The molecule has 2 aliphatic rings. The zero-order valence-electron chi connectivity index (χ0n) is 15.2. The van der Waals surface area contributed by atoms with Crippen molar-refractivity contribution in [3.05, 3.63) is 69.7 Å². The maximum absolute atomic E-state index is 6.09. The summed E-state index contributed by atoms with van der Waals surface area (Å²) in [7, 11) is 0. The predicted molar refractivity (Wildman–Crippen MR) is 112 cm³/mol. The Bertz CT molecular complexity index is 793. The van der Waals surface area contributed by atoms with Crippen LogP contribution in [0.4, 0.5) is 0 Å². The van der Waals surface area contributed by atoms with E-state index in [0.29, 0.717) is 0 Å². The minimum absolute atomic E-state index is 0.778. The number of piperidine rings is 1. The zero-order chi connectivity index (χ0) is 17.8. The van der Waals surface area contributed by atoms with E-state index in [4.69, 9.17) is 4.74 Å². The summed E-state index contributed by atoms with van der Waals surface area (Å²) in [5.74, 6) is 1.00. The zero-order valence-corrected chi connectivity index (χ0v) is 16.8. The molecule has 136 valence electrons. The van der Waals surface area contributed by atoms with E-state index in [1.807, 2.05) is 0 Å². The van der Waals surface area contributed by atoms with E-state index in [2.05, 4.69) is 68.3 Å². The van der Waals surface area contributed by atoms with Crippen LogP contribution in [0.25, 0.3) is 5.57 Å². The second-order valence-electron chi connectivity index (χ2n) is 7.25. The molecule has 4 rings (SSSR count). The molecular formula is C23H26BrNO. The number of ether oxygens (including phenoxy) is 1. The molecule has 0 saturated carbocycles. The first-order valence-electron chi connectivity index (χ1n) is 9.72. The third-order valence-corrected chi connectivity index (χ3v) is 6.03. The normalized spacial score (nSPS) is 18.9. The van der Waals surface area contributed by atoms with Crippen LogP contribution in [0.2, 0.25) is 0 Å². The molecule has 1 fully saturated rings. The van der Waals surface area contributed by atoms with Crippen LogP contribution in [-0.4, -0.2) is 31.1 Å². The van der Waals surface area contributed by atoms with E-state index in [9.17, 15) is 0 Å². The average molecular weight is 412 g/mol. The summed E-state index contributed by atoms with van der Waals surface area (Å²) in [5.41, 5.74) is 6.72. The Morgan fingerprint density at radius 3 is 2.54 bits per heavy atom. The van der Waals surface area contributed by atoms with Crippen LogP contribution < -0.4 is 4.74 Å². The third kappa shape index (κ3) is 3.89. The van der Waals surface area contributed by atoms with Gasteiger partial charge in [-0.2, -0.15) is 0 Å². The molecule has 1 saturated heterocycles. The summed E-state index contributed by atoms with van der Waals surface area (Å²) in [6.45, 7) is 4.27. The van der Waals surface area contributed by atoms with Gasteiger partial charge < -0.3 is 4.74 Å². The van der Waals surface area contributed by atoms with Crippen molar-refractivity contribution < 1.29 is 4.74 Å². The second-order valence-corrected chi connectivity index (χ2v) is 7.71. The fraction of sp³-hybridized carbons (Fsp3) is 0.391. The Labute approximate surface area is 165 Å². The lowest BCUT2D eigenvalue weighted by atomic mass is 9.95. The van der Waals surface area contributed by atoms with Gasteiger partial charge in [0.1, 0.15) is 12.4 Å². The smallest absolute Gasteiger partial charge is 0.119 e. The summed E-state index contributed by atoms with van der Waals surface area (Å²) in [4.78, 5) is 4.59. The number of fused-ring (bicyclic) bond motifs is 2. The lowest BCUT2D eigenvalue weighted by Crippen LogP contribution is -2.33. The van der Waals surface area contributed by atoms with Crippen molar-refractivity contribution in [3.63, 3.8) is 0 Å². The first-order chi connectivity index (χ1) is 12.8. The van der Waals surface area contributed by atoms with Gasteiger partial charge in [0, 0.05) is 6.54 Å². The van der Waals surface area contributed by atoms with Gasteiger partial charge in [0.2, 0.25) is 0 Å². The fourth-order valence-corrected chi connectivity index (χ4v) is 4.63. The van der Waals surface area contributed by atoms with Crippen LogP contribution in [0.15, 0.2) is 47.4 Å². The molecule has 0 radical (unpaired) electrons. The van der Waals surface area contributed by atoms with E-state index >= 15 is 0 Å². The van der Waals surface area contributed by atoms with Crippen LogP contribution in [0.3, 0.4) is 0 Å². The maximum atomic E-state index is 6.09. The maximum Gasteiger partial charge on any atom is 0.119 e. The van der Waals surface area contributed by atoms with Crippen molar-refractivity contribution in [1.82, 2.24) is 4.90 Å². The molecule has 26 heavy (non-hydrogen) atoms. The Hall–Kier alpha value is -1.58. The predicted octanol–water partition coefficient (Wildman–Crippen LogP) is 5.43. The number of likely N-dealkylation sites (tertiary alicyclic amines) is 1. The molecule has 1 heterocycles. The number of benzene rings is 2. The molecule has 0 amide bonds. The van der Waals surface area contributed by atoms with Crippen molar-refractivity contribution in [2.45, 2.75) is 32.1 Å². The quantitative estimate of drug-likeness (QED) is 0.664. The largest absolute Gasteiger partial charge is 0.492 e. The molecule has 2 nitrogen and oxygen atoms in total. The van der Waals surface area contributed by atoms with Crippen LogP contribution in [-0.2, 0) is 12.8 Å². The molecule has 0 unspecified atom stereocenters. The Balaban J connectivity index is 1.48. The highest BCUT2D eigenvalue weighted by molar-refractivity contribution is 9.11. The van der Waals surface area contributed by atoms with Gasteiger partial charge in [-0.3, -0.25) is 4.90 Å². The van der Waals surface area contributed by atoms with Gasteiger partial charge in [-0.05, 0) is 83.7 Å². The first-order valence-corrected chi connectivity index (χ1v) is 10.6. The number of hydrogen-bond acceptors (Lipinski definition) is 2. The van der Waals surface area contributed by atoms with E-state index in [1.54, 1.807) is 0 Å². The molecule has 1 aliphatic carbocycles. The SMILES string of the molecule is BrC=C1c2ccccc2CCc2cc(OCCN3CCCCC3)ccc21. The summed E-state index contributed by atoms with van der Waals surface area (Å²) in [6, 6.07) is 15.3. The topological polar surface area (TPSA) is 12.5 Å². The molecule has 1 aliphatic heterocycles. The summed E-state index contributed by atoms with van der Waals surface area (Å²) < 4.78 is 6.09. The van der Waals surface area contributed by atoms with Crippen LogP contribution in [0.5, 0.6) is 5.75 Å². The first kappa shape index (κ1) is 17.8. The molecule has 2 aromatic rings. The molecule has 0 aromatic heterocycles. The minimum atomic E-state index is 0.778. The van der Waals surface area contributed by atoms with Crippen LogP contribution in [0.1, 0.15) is 41.5 Å². The van der Waals surface area contributed by atoms with Gasteiger partial charge in [0.25, 0.3) is 0 Å². The Kier molecular flexibility index (Phi) is 5.76. The van der Waals surface area contributed by atoms with Crippen LogP contribution >= 0.6 is 15.9 Å². The highest BCUT2D eigenvalue weighted by atomic mass is 79.9. The van der Waals surface area contributed by atoms with E-state index in [0.717, 1.165) is 31.7 Å². The molecule has 0 spiro atoms. The standard InChI is InChI=1S/C23H26BrNO/c24-17-23-21-7-3-2-6-18(21)8-9-19-16-20(10-11-22(19)23)26-15-14-25-12-4-1-5-13-25/h2-3,6-7,10-11,16-17H,1,4-5,8-9,12-15H2. The number of rotatable bonds is 4. The summed E-state index contributed by atoms with van der Waals surface area (Å²) in [6.07, 6.45) is 6.18. The molecule has 0 bridgehead atoms. The monoisotopic (exact) mass is 411 g/mol. The highest BCUT2D eigenvalue weighted by Crippen LogP contribution is 2.35. The van der Waals surface area contributed by atoms with E-state index < -0.39 is 0 Å². The fourth-order valence-electron chi connectivity index (χ4n) is 4.14. The van der Waals surface area contributed by atoms with Gasteiger partial charge >= 0.3 is 0 Å². The van der Waals surface area contributed by atoms with E-state index in [1.165, 1.54) is 60.2 Å². The molecular weight excluding hydrogens is 386 g/mol. The minimum Gasteiger partial charge on any atom is -0.492 e. The molecule has 3 heteroatoms. The number of nitrogens with zero attached hydrogens (tertiary/aromatic N) is 1. The summed E-state index contributed by atoms with van der Waals surface area (Å²) >= 11 is 3.59. The third-order valence-electron chi connectivity index (χ3n) is 5.57. The molecule has 0 N–H and O–H groups in total. The van der Waals surface area contributed by atoms with Gasteiger partial charge in [0.15, 0.2) is 0 Å². The lowest BCUT2D eigenvalue weighted by molar-refractivity contribution is 0.183. The van der Waals surface area contributed by atoms with Gasteiger partial charge in [0.05, 0.1) is 0 Å². The highest BCUT2D eigenvalue weighted by Gasteiger charge is 2.18. The van der Waals surface area contributed by atoms with Crippen molar-refractivity contribution in [2.75, 3.05) is 26.2 Å². The summed E-state index contributed by atoms with van der Waals surface area (Å²) in [5, 5.41) is 0. The Morgan fingerprint density at radius 1 is 0.923 bits per heavy atom. The van der Waals surface area contributed by atoms with Crippen molar-refractivity contribution in [3.8, 4) is 5.75 Å². The Morgan fingerprint density at radius 2 is 1.69 bits per heavy atom. The number of aryl methyl sites for hydroxylation is 2. The molecule has 0 atom stereocenters.